The molecule has 0 saturated heterocycles. The lowest BCUT2D eigenvalue weighted by atomic mass is 9.97. The van der Waals surface area contributed by atoms with Crippen LogP contribution in [0.25, 0.3) is 6.08 Å². The molecule has 1 aliphatic carbocycles. The average Bonchev–Trinajstić information content (AvgIpc) is 2.79. The molecule has 1 fully saturated rings. The first-order valence-corrected chi connectivity index (χ1v) is 4.69. The van der Waals surface area contributed by atoms with Crippen molar-refractivity contribution >= 4 is 6.08 Å². The fourth-order valence-corrected chi connectivity index (χ4v) is 1.65. The van der Waals surface area contributed by atoms with Crippen molar-refractivity contribution in [2.45, 2.75) is 19.8 Å². The van der Waals surface area contributed by atoms with E-state index in [4.69, 9.17) is 10.2 Å². The van der Waals surface area contributed by atoms with Gasteiger partial charge < -0.3 is 10.2 Å². The lowest BCUT2D eigenvalue weighted by Gasteiger charge is -2.11. The molecule has 2 heteroatoms. The number of hydrogen-bond donors (Lipinski definition) is 1. The third-order valence-electron chi connectivity index (χ3n) is 2.98. The van der Waals surface area contributed by atoms with Gasteiger partial charge in [0.1, 0.15) is 5.76 Å². The van der Waals surface area contributed by atoms with Gasteiger partial charge in [0.15, 0.2) is 0 Å². The Bertz CT molecular complexity index is 307. The second kappa shape index (κ2) is 3.04. The highest BCUT2D eigenvalue weighted by Crippen LogP contribution is 2.51. The molecular formula is C11H15NO. The Morgan fingerprint density at radius 1 is 1.69 bits per heavy atom. The molecule has 1 aliphatic rings. The fourth-order valence-electron chi connectivity index (χ4n) is 1.65. The standard InChI is InChI=1S/C11H15NO/c1-9(11(8-12)4-5-11)7-10-3-2-6-13-10/h2-3,6-7H,4-5,8,12H2,1H3/b9-7-. The summed E-state index contributed by atoms with van der Waals surface area (Å²) in [6.07, 6.45) is 6.25. The summed E-state index contributed by atoms with van der Waals surface area (Å²) in [5, 5.41) is 0. The predicted octanol–water partition coefficient (Wildman–Crippen LogP) is 2.42. The van der Waals surface area contributed by atoms with Crippen LogP contribution in [0.5, 0.6) is 0 Å². The molecule has 2 rings (SSSR count). The minimum Gasteiger partial charge on any atom is -0.465 e. The van der Waals surface area contributed by atoms with Crippen LogP contribution in [0, 0.1) is 5.41 Å². The van der Waals surface area contributed by atoms with Crippen LogP contribution in [0.4, 0.5) is 0 Å². The lowest BCUT2D eigenvalue weighted by Crippen LogP contribution is -2.16. The Morgan fingerprint density at radius 2 is 2.46 bits per heavy atom. The molecule has 2 nitrogen and oxygen atoms in total. The van der Waals surface area contributed by atoms with E-state index < -0.39 is 0 Å². The SMILES string of the molecule is C/C(=C/c1ccco1)C1(CN)CC1. The molecule has 0 spiro atoms. The van der Waals surface area contributed by atoms with Crippen molar-refractivity contribution in [1.29, 1.82) is 0 Å². The molecule has 13 heavy (non-hydrogen) atoms. The van der Waals surface area contributed by atoms with Crippen molar-refractivity contribution in [2.24, 2.45) is 11.1 Å². The quantitative estimate of drug-likeness (QED) is 0.770. The summed E-state index contributed by atoms with van der Waals surface area (Å²) in [5.41, 5.74) is 7.38. The minimum absolute atomic E-state index is 0.298. The van der Waals surface area contributed by atoms with Gasteiger partial charge in [0.25, 0.3) is 0 Å². The first-order chi connectivity index (χ1) is 6.27. The van der Waals surface area contributed by atoms with Crippen LogP contribution >= 0.6 is 0 Å². The Balaban J connectivity index is 2.17. The zero-order chi connectivity index (χ0) is 9.31. The van der Waals surface area contributed by atoms with E-state index in [-0.39, 0.29) is 0 Å². The Morgan fingerprint density at radius 3 is 2.92 bits per heavy atom. The highest BCUT2D eigenvalue weighted by atomic mass is 16.3. The summed E-state index contributed by atoms with van der Waals surface area (Å²) in [6, 6.07) is 3.87. The number of rotatable bonds is 3. The van der Waals surface area contributed by atoms with E-state index in [9.17, 15) is 0 Å². The van der Waals surface area contributed by atoms with Crippen LogP contribution < -0.4 is 5.73 Å². The molecule has 1 aromatic heterocycles. The van der Waals surface area contributed by atoms with E-state index in [0.717, 1.165) is 12.3 Å². The Kier molecular flexibility index (Phi) is 2.00. The minimum atomic E-state index is 0.298. The smallest absolute Gasteiger partial charge is 0.126 e. The third kappa shape index (κ3) is 1.54. The first kappa shape index (κ1) is 8.57. The van der Waals surface area contributed by atoms with Crippen LogP contribution in [-0.4, -0.2) is 6.54 Å². The van der Waals surface area contributed by atoms with E-state index >= 15 is 0 Å². The molecule has 1 heterocycles. The van der Waals surface area contributed by atoms with Crippen molar-refractivity contribution in [1.82, 2.24) is 0 Å². The zero-order valence-corrected chi connectivity index (χ0v) is 7.92. The fraction of sp³-hybridized carbons (Fsp3) is 0.455. The van der Waals surface area contributed by atoms with E-state index in [1.807, 2.05) is 12.1 Å². The molecule has 70 valence electrons. The Hall–Kier alpha value is -1.02. The van der Waals surface area contributed by atoms with Gasteiger partial charge in [-0.15, -0.1) is 0 Å². The van der Waals surface area contributed by atoms with Gasteiger partial charge in [-0.25, -0.2) is 0 Å². The first-order valence-electron chi connectivity index (χ1n) is 4.69. The average molecular weight is 177 g/mol. The maximum absolute atomic E-state index is 5.73. The topological polar surface area (TPSA) is 39.2 Å². The van der Waals surface area contributed by atoms with Gasteiger partial charge in [-0.1, -0.05) is 5.57 Å². The van der Waals surface area contributed by atoms with E-state index in [2.05, 4.69) is 13.0 Å². The van der Waals surface area contributed by atoms with Crippen molar-refractivity contribution in [2.75, 3.05) is 6.54 Å². The highest BCUT2D eigenvalue weighted by molar-refractivity contribution is 5.50. The second-order valence-electron chi connectivity index (χ2n) is 3.83. The predicted molar refractivity (Wildman–Crippen MR) is 53.1 cm³/mol. The van der Waals surface area contributed by atoms with Crippen LogP contribution in [0.1, 0.15) is 25.5 Å². The summed E-state index contributed by atoms with van der Waals surface area (Å²) in [6.45, 7) is 2.90. The third-order valence-corrected chi connectivity index (χ3v) is 2.98. The van der Waals surface area contributed by atoms with Gasteiger partial charge >= 0.3 is 0 Å². The molecule has 0 aliphatic heterocycles. The maximum atomic E-state index is 5.73. The monoisotopic (exact) mass is 177 g/mol. The largest absolute Gasteiger partial charge is 0.465 e. The van der Waals surface area contributed by atoms with Crippen LogP contribution in [0.15, 0.2) is 28.4 Å². The maximum Gasteiger partial charge on any atom is 0.126 e. The summed E-state index contributed by atoms with van der Waals surface area (Å²) in [4.78, 5) is 0. The molecule has 0 radical (unpaired) electrons. The van der Waals surface area contributed by atoms with Gasteiger partial charge in [-0.2, -0.15) is 0 Å². The van der Waals surface area contributed by atoms with Crippen LogP contribution in [0.3, 0.4) is 0 Å². The molecule has 1 saturated carbocycles. The molecule has 1 aromatic rings. The molecule has 2 N–H and O–H groups in total. The molecule has 0 amide bonds. The molecule has 0 bridgehead atoms. The second-order valence-corrected chi connectivity index (χ2v) is 3.83. The molecule has 0 aromatic carbocycles. The number of furan rings is 1. The lowest BCUT2D eigenvalue weighted by molar-refractivity contribution is 0.553. The van der Waals surface area contributed by atoms with Crippen LogP contribution in [-0.2, 0) is 0 Å². The van der Waals surface area contributed by atoms with Crippen molar-refractivity contribution < 1.29 is 4.42 Å². The zero-order valence-electron chi connectivity index (χ0n) is 7.92. The molecule has 0 unspecified atom stereocenters. The van der Waals surface area contributed by atoms with E-state index in [1.165, 1.54) is 18.4 Å². The van der Waals surface area contributed by atoms with Gasteiger partial charge in [0.2, 0.25) is 0 Å². The number of hydrogen-bond acceptors (Lipinski definition) is 2. The van der Waals surface area contributed by atoms with E-state index in [1.54, 1.807) is 6.26 Å². The van der Waals surface area contributed by atoms with Gasteiger partial charge in [0, 0.05) is 12.0 Å². The summed E-state index contributed by atoms with van der Waals surface area (Å²) >= 11 is 0. The summed E-state index contributed by atoms with van der Waals surface area (Å²) in [7, 11) is 0. The van der Waals surface area contributed by atoms with E-state index in [0.29, 0.717) is 5.41 Å². The van der Waals surface area contributed by atoms with Crippen molar-refractivity contribution in [3.05, 3.63) is 29.7 Å². The summed E-state index contributed by atoms with van der Waals surface area (Å²) < 4.78 is 5.25. The van der Waals surface area contributed by atoms with Gasteiger partial charge in [-0.05, 0) is 38.0 Å². The normalized spacial score (nSPS) is 20.3. The Labute approximate surface area is 78.4 Å². The van der Waals surface area contributed by atoms with Crippen molar-refractivity contribution in [3.63, 3.8) is 0 Å². The van der Waals surface area contributed by atoms with Gasteiger partial charge in [-0.3, -0.25) is 0 Å². The molecular weight excluding hydrogens is 162 g/mol. The highest BCUT2D eigenvalue weighted by Gasteiger charge is 2.42. The van der Waals surface area contributed by atoms with Gasteiger partial charge in [0.05, 0.1) is 6.26 Å². The molecule has 0 atom stereocenters. The van der Waals surface area contributed by atoms with Crippen LogP contribution in [0.2, 0.25) is 0 Å². The van der Waals surface area contributed by atoms with Crippen molar-refractivity contribution in [3.8, 4) is 0 Å². The summed E-state index contributed by atoms with van der Waals surface area (Å²) in [5.74, 6) is 0.928. The number of nitrogens with two attached hydrogens (primary N) is 1.